The molecule has 2 N–H and O–H groups in total. The van der Waals surface area contributed by atoms with Crippen molar-refractivity contribution in [3.63, 3.8) is 0 Å². The van der Waals surface area contributed by atoms with Crippen molar-refractivity contribution in [1.82, 2.24) is 15.1 Å². The smallest absolute Gasteiger partial charge is 0.317 e. The molecule has 3 rings (SSSR count). The SMILES string of the molecule is C[C@H]1CCCCN1C1CN(C(=O)NCCc2ccc(O)cc2)C1. The van der Waals surface area contributed by atoms with E-state index >= 15 is 0 Å². The molecule has 2 fully saturated rings. The highest BCUT2D eigenvalue weighted by Gasteiger charge is 2.37. The summed E-state index contributed by atoms with van der Waals surface area (Å²) in [6.07, 6.45) is 4.70. The van der Waals surface area contributed by atoms with Crippen LogP contribution in [0.1, 0.15) is 31.7 Å². The Kier molecular flexibility index (Phi) is 5.06. The highest BCUT2D eigenvalue weighted by atomic mass is 16.3. The summed E-state index contributed by atoms with van der Waals surface area (Å²) < 4.78 is 0. The summed E-state index contributed by atoms with van der Waals surface area (Å²) in [5, 5.41) is 12.2. The van der Waals surface area contributed by atoms with Gasteiger partial charge in [-0.1, -0.05) is 18.6 Å². The number of carbonyl (C=O) groups is 1. The molecule has 1 atom stereocenters. The maximum atomic E-state index is 12.1. The van der Waals surface area contributed by atoms with Gasteiger partial charge < -0.3 is 15.3 Å². The minimum atomic E-state index is 0.0460. The minimum absolute atomic E-state index is 0.0460. The van der Waals surface area contributed by atoms with Gasteiger partial charge in [-0.25, -0.2) is 4.79 Å². The number of urea groups is 1. The van der Waals surface area contributed by atoms with Gasteiger partial charge in [-0.2, -0.15) is 0 Å². The van der Waals surface area contributed by atoms with E-state index in [1.807, 2.05) is 17.0 Å². The van der Waals surface area contributed by atoms with E-state index in [4.69, 9.17) is 0 Å². The van der Waals surface area contributed by atoms with Crippen LogP contribution in [0.4, 0.5) is 4.79 Å². The number of hydrogen-bond donors (Lipinski definition) is 2. The third-order valence-electron chi connectivity index (χ3n) is 5.10. The molecule has 2 heterocycles. The largest absolute Gasteiger partial charge is 0.508 e. The van der Waals surface area contributed by atoms with E-state index < -0.39 is 0 Å². The maximum Gasteiger partial charge on any atom is 0.317 e. The number of amides is 2. The average Bonchev–Trinajstić information content (AvgIpc) is 2.50. The molecule has 1 aromatic carbocycles. The molecule has 5 heteroatoms. The Balaban J connectivity index is 1.36. The van der Waals surface area contributed by atoms with Crippen molar-refractivity contribution in [2.24, 2.45) is 0 Å². The van der Waals surface area contributed by atoms with Crippen molar-refractivity contribution in [1.29, 1.82) is 0 Å². The highest BCUT2D eigenvalue weighted by molar-refractivity contribution is 5.75. The lowest BCUT2D eigenvalue weighted by molar-refractivity contribution is 0.0170. The second-order valence-electron chi connectivity index (χ2n) is 6.79. The molecule has 2 saturated heterocycles. The molecule has 2 aliphatic heterocycles. The van der Waals surface area contributed by atoms with Crippen LogP contribution in [0.3, 0.4) is 0 Å². The molecular formula is C18H27N3O2. The van der Waals surface area contributed by atoms with E-state index in [0.717, 1.165) is 25.1 Å². The summed E-state index contributed by atoms with van der Waals surface area (Å²) >= 11 is 0. The zero-order valence-corrected chi connectivity index (χ0v) is 13.9. The Morgan fingerprint density at radius 3 is 2.70 bits per heavy atom. The lowest BCUT2D eigenvalue weighted by Gasteiger charge is -2.49. The van der Waals surface area contributed by atoms with Crippen LogP contribution >= 0.6 is 0 Å². The van der Waals surface area contributed by atoms with Gasteiger partial charge in [-0.05, 0) is 50.4 Å². The lowest BCUT2D eigenvalue weighted by atomic mass is 9.98. The third-order valence-corrected chi connectivity index (χ3v) is 5.10. The van der Waals surface area contributed by atoms with Crippen molar-refractivity contribution >= 4 is 6.03 Å². The Morgan fingerprint density at radius 2 is 2.00 bits per heavy atom. The van der Waals surface area contributed by atoms with Gasteiger partial charge in [0, 0.05) is 31.7 Å². The quantitative estimate of drug-likeness (QED) is 0.895. The van der Waals surface area contributed by atoms with Crippen LogP contribution in [0.5, 0.6) is 5.75 Å². The van der Waals surface area contributed by atoms with Crippen LogP contribution < -0.4 is 5.32 Å². The van der Waals surface area contributed by atoms with Crippen LogP contribution in [0.2, 0.25) is 0 Å². The van der Waals surface area contributed by atoms with Gasteiger partial charge in [0.05, 0.1) is 0 Å². The Bertz CT molecular complexity index is 526. The molecule has 0 aromatic heterocycles. The average molecular weight is 317 g/mol. The van der Waals surface area contributed by atoms with Gasteiger partial charge in [-0.15, -0.1) is 0 Å². The molecule has 2 aliphatic rings. The van der Waals surface area contributed by atoms with Crippen molar-refractivity contribution < 1.29 is 9.90 Å². The minimum Gasteiger partial charge on any atom is -0.508 e. The Hall–Kier alpha value is -1.75. The van der Waals surface area contributed by atoms with Crippen molar-refractivity contribution in [2.45, 2.75) is 44.7 Å². The predicted molar refractivity (Wildman–Crippen MR) is 90.6 cm³/mol. The van der Waals surface area contributed by atoms with Gasteiger partial charge in [0.15, 0.2) is 0 Å². The second kappa shape index (κ2) is 7.21. The fourth-order valence-electron chi connectivity index (χ4n) is 3.58. The fraction of sp³-hybridized carbons (Fsp3) is 0.611. The number of phenols is 1. The number of phenolic OH excluding ortho intramolecular Hbond substituents is 1. The number of piperidine rings is 1. The van der Waals surface area contributed by atoms with E-state index in [0.29, 0.717) is 18.6 Å². The van der Waals surface area contributed by atoms with Crippen LogP contribution in [0.25, 0.3) is 0 Å². The molecule has 0 saturated carbocycles. The van der Waals surface area contributed by atoms with Crippen molar-refractivity contribution in [3.05, 3.63) is 29.8 Å². The normalized spacial score (nSPS) is 22.7. The van der Waals surface area contributed by atoms with E-state index in [9.17, 15) is 9.90 Å². The molecule has 0 unspecified atom stereocenters. The summed E-state index contributed by atoms with van der Waals surface area (Å²) in [6.45, 7) is 5.83. The summed E-state index contributed by atoms with van der Waals surface area (Å²) in [7, 11) is 0. The summed E-state index contributed by atoms with van der Waals surface area (Å²) in [4.78, 5) is 16.6. The lowest BCUT2D eigenvalue weighted by Crippen LogP contribution is -2.65. The van der Waals surface area contributed by atoms with E-state index in [2.05, 4.69) is 17.1 Å². The molecule has 0 spiro atoms. The van der Waals surface area contributed by atoms with Gasteiger partial charge in [0.1, 0.15) is 5.75 Å². The molecule has 0 bridgehead atoms. The van der Waals surface area contributed by atoms with Gasteiger partial charge in [-0.3, -0.25) is 4.90 Å². The van der Waals surface area contributed by atoms with Crippen molar-refractivity contribution in [3.8, 4) is 5.75 Å². The van der Waals surface area contributed by atoms with Crippen molar-refractivity contribution in [2.75, 3.05) is 26.2 Å². The molecule has 0 radical (unpaired) electrons. The Morgan fingerprint density at radius 1 is 1.26 bits per heavy atom. The third kappa shape index (κ3) is 3.96. The highest BCUT2D eigenvalue weighted by Crippen LogP contribution is 2.24. The van der Waals surface area contributed by atoms with Crippen LogP contribution in [0.15, 0.2) is 24.3 Å². The standard InChI is InChI=1S/C18H27N3O2/c1-14-4-2-3-11-21(14)16-12-20(13-16)18(23)19-10-9-15-5-7-17(22)8-6-15/h5-8,14,16,22H,2-4,9-13H2,1H3,(H,19,23)/t14-/m0/s1. The van der Waals surface area contributed by atoms with Gasteiger partial charge in [0.25, 0.3) is 0 Å². The topological polar surface area (TPSA) is 55.8 Å². The fourth-order valence-corrected chi connectivity index (χ4v) is 3.58. The number of hydrogen-bond acceptors (Lipinski definition) is 3. The van der Waals surface area contributed by atoms with E-state index in [1.54, 1.807) is 12.1 Å². The van der Waals surface area contributed by atoms with Crippen LogP contribution in [0, 0.1) is 0 Å². The first-order chi connectivity index (χ1) is 11.1. The zero-order valence-electron chi connectivity index (χ0n) is 13.9. The number of benzene rings is 1. The second-order valence-corrected chi connectivity index (χ2v) is 6.79. The molecule has 0 aliphatic carbocycles. The molecule has 5 nitrogen and oxygen atoms in total. The number of rotatable bonds is 4. The summed E-state index contributed by atoms with van der Waals surface area (Å²) in [6, 6.07) is 8.39. The zero-order chi connectivity index (χ0) is 16.2. The summed E-state index contributed by atoms with van der Waals surface area (Å²) in [5.74, 6) is 0.274. The number of nitrogens with one attached hydrogen (secondary N) is 1. The van der Waals surface area contributed by atoms with E-state index in [1.165, 1.54) is 25.8 Å². The van der Waals surface area contributed by atoms with Crippen LogP contribution in [-0.4, -0.2) is 59.2 Å². The monoisotopic (exact) mass is 317 g/mol. The maximum absolute atomic E-state index is 12.1. The molecule has 126 valence electrons. The first kappa shape index (κ1) is 16.1. The molecular weight excluding hydrogens is 290 g/mol. The van der Waals surface area contributed by atoms with E-state index in [-0.39, 0.29) is 11.8 Å². The summed E-state index contributed by atoms with van der Waals surface area (Å²) in [5.41, 5.74) is 1.12. The first-order valence-electron chi connectivity index (χ1n) is 8.70. The Labute approximate surface area is 138 Å². The van der Waals surface area contributed by atoms with Gasteiger partial charge in [0.2, 0.25) is 0 Å². The number of likely N-dealkylation sites (tertiary alicyclic amines) is 2. The predicted octanol–water partition coefficient (Wildman–Crippen LogP) is 2.20. The molecule has 2 amide bonds. The number of aromatic hydroxyl groups is 1. The van der Waals surface area contributed by atoms with Gasteiger partial charge >= 0.3 is 6.03 Å². The number of carbonyl (C=O) groups excluding carboxylic acids is 1. The molecule has 23 heavy (non-hydrogen) atoms. The van der Waals surface area contributed by atoms with Crippen LogP contribution in [-0.2, 0) is 6.42 Å². The number of nitrogens with zero attached hydrogens (tertiary/aromatic N) is 2. The first-order valence-corrected chi connectivity index (χ1v) is 8.70. The molecule has 1 aromatic rings.